The summed E-state index contributed by atoms with van der Waals surface area (Å²) in [6.45, 7) is 2.28. The van der Waals surface area contributed by atoms with E-state index in [2.05, 4.69) is 5.21 Å². The van der Waals surface area contributed by atoms with Gasteiger partial charge in [0.25, 0.3) is 0 Å². The highest BCUT2D eigenvalue weighted by Gasteiger charge is 2.59. The van der Waals surface area contributed by atoms with Gasteiger partial charge in [0, 0.05) is 0 Å². The minimum absolute atomic E-state index is 0.0373. The summed E-state index contributed by atoms with van der Waals surface area (Å²) >= 11 is 1.52. The van der Waals surface area contributed by atoms with Crippen molar-refractivity contribution in [3.63, 3.8) is 0 Å². The molecule has 3 heterocycles. The quantitative estimate of drug-likeness (QED) is 0.468. The highest BCUT2D eigenvalue weighted by Crippen LogP contribution is 2.51. The van der Waals surface area contributed by atoms with Crippen molar-refractivity contribution in [2.45, 2.75) is 36.1 Å². The topological polar surface area (TPSA) is 82.1 Å². The number of aryl methyl sites for hydroxylation is 1. The Bertz CT molecular complexity index is 560. The lowest BCUT2D eigenvalue weighted by Gasteiger charge is -2.39. The molecule has 2 aliphatic heterocycles. The second-order valence-corrected chi connectivity index (χ2v) is 6.88. The van der Waals surface area contributed by atoms with Crippen LogP contribution in [0.2, 0.25) is 0 Å². The predicted molar refractivity (Wildman–Crippen MR) is 63.4 cm³/mol. The number of amides is 1. The molecule has 8 heteroatoms. The number of carbonyl (C=O) groups excluding carboxylic acids is 2. The molecule has 2 saturated heterocycles. The molecule has 2 fully saturated rings. The Hall–Kier alpha value is -1.57. The van der Waals surface area contributed by atoms with Crippen LogP contribution in [0.15, 0.2) is 12.4 Å². The van der Waals surface area contributed by atoms with E-state index in [1.807, 2.05) is 6.92 Å². The predicted octanol–water partition coefficient (Wildman–Crippen LogP) is -2.11. The molecule has 0 radical (unpaired) electrons. The molecule has 0 saturated carbocycles. The van der Waals surface area contributed by atoms with E-state index in [4.69, 9.17) is 0 Å². The summed E-state index contributed by atoms with van der Waals surface area (Å²) in [5.41, 5.74) is 0. The number of aliphatic carboxylic acids is 1. The summed E-state index contributed by atoms with van der Waals surface area (Å²) in [7, 11) is 1.80. The third-order valence-corrected chi connectivity index (χ3v) is 5.18. The summed E-state index contributed by atoms with van der Waals surface area (Å²) in [6, 6.07) is -0.891. The van der Waals surface area contributed by atoms with Crippen LogP contribution in [0.25, 0.3) is 0 Å². The van der Waals surface area contributed by atoms with Gasteiger partial charge in [-0.05, 0) is 6.92 Å². The molecular weight excluding hydrogens is 268 g/mol. The number of β-lactam (4-membered cyclic amide) rings is 1. The normalized spacial score (nSPS) is 33.2. The van der Waals surface area contributed by atoms with Crippen LogP contribution in [-0.4, -0.2) is 42.8 Å². The van der Waals surface area contributed by atoms with Crippen molar-refractivity contribution in [2.24, 2.45) is 7.05 Å². The fourth-order valence-electron chi connectivity index (χ4n) is 2.79. The lowest BCUT2D eigenvalue weighted by atomic mass is 9.96. The number of carboxylic acid groups (broad SMARTS) is 1. The van der Waals surface area contributed by atoms with Crippen molar-refractivity contribution >= 4 is 23.6 Å². The van der Waals surface area contributed by atoms with Crippen LogP contribution < -0.4 is 9.79 Å². The molecular formula is C11H14N4O3S. The Labute approximate surface area is 114 Å². The van der Waals surface area contributed by atoms with Gasteiger partial charge in [-0.1, -0.05) is 0 Å². The van der Waals surface area contributed by atoms with E-state index < -0.39 is 16.8 Å². The zero-order chi connectivity index (χ0) is 13.8. The minimum Gasteiger partial charge on any atom is -0.548 e. The summed E-state index contributed by atoms with van der Waals surface area (Å²) < 4.78 is 2.73. The number of hydrogen-bond acceptors (Lipinski definition) is 5. The van der Waals surface area contributed by atoms with Gasteiger partial charge in [0.15, 0.2) is 12.4 Å². The molecule has 3 rings (SSSR count). The van der Waals surface area contributed by atoms with Gasteiger partial charge in [-0.15, -0.1) is 21.1 Å². The molecule has 2 aliphatic rings. The number of thioether (sulfide) groups is 1. The van der Waals surface area contributed by atoms with E-state index in [9.17, 15) is 14.7 Å². The number of rotatable bonds is 3. The summed E-state index contributed by atoms with van der Waals surface area (Å²) in [4.78, 5) is 24.4. The standard InChI is InChI=1S/C11H14N4O3S/c1-11(6-14-4-3-13(2)12-14)9(10(17)18)15-7(16)5-8(15)19-11/h3-4,8-9H,5-6H2,1-2H3/t8-,9+,11+/m1/s1. The van der Waals surface area contributed by atoms with E-state index in [-0.39, 0.29) is 11.3 Å². The molecule has 1 amide bonds. The molecule has 0 unspecified atom stereocenters. The maximum atomic E-state index is 11.6. The molecule has 0 bridgehead atoms. The maximum absolute atomic E-state index is 11.6. The van der Waals surface area contributed by atoms with Crippen LogP contribution in [0, 0.1) is 0 Å². The van der Waals surface area contributed by atoms with Crippen LogP contribution in [0.1, 0.15) is 13.3 Å². The van der Waals surface area contributed by atoms with Crippen molar-refractivity contribution in [3.8, 4) is 0 Å². The second-order valence-electron chi connectivity index (χ2n) is 5.17. The monoisotopic (exact) mass is 282 g/mol. The lowest BCUT2D eigenvalue weighted by molar-refractivity contribution is -0.732. The summed E-state index contributed by atoms with van der Waals surface area (Å²) in [5, 5.41) is 15.6. The van der Waals surface area contributed by atoms with E-state index in [0.717, 1.165) is 0 Å². The maximum Gasteiger partial charge on any atom is 0.227 e. The second kappa shape index (κ2) is 3.96. The first-order valence-corrected chi connectivity index (χ1v) is 6.88. The Morgan fingerprint density at radius 1 is 1.74 bits per heavy atom. The highest BCUT2D eigenvalue weighted by molar-refractivity contribution is 8.01. The van der Waals surface area contributed by atoms with Crippen LogP contribution in [-0.2, 0) is 23.2 Å². The van der Waals surface area contributed by atoms with E-state index in [1.54, 1.807) is 28.8 Å². The molecule has 7 nitrogen and oxygen atoms in total. The summed E-state index contributed by atoms with van der Waals surface area (Å²) in [5.74, 6) is -1.30. The highest BCUT2D eigenvalue weighted by atomic mass is 32.2. The number of fused-ring (bicyclic) bond motifs is 1. The average Bonchev–Trinajstić information content (AvgIpc) is 2.79. The van der Waals surface area contributed by atoms with Crippen LogP contribution in [0.3, 0.4) is 0 Å². The fourth-order valence-corrected chi connectivity index (χ4v) is 4.53. The largest absolute Gasteiger partial charge is 0.548 e. The molecule has 0 aliphatic carbocycles. The van der Waals surface area contributed by atoms with Crippen molar-refractivity contribution in [1.29, 1.82) is 0 Å². The smallest absolute Gasteiger partial charge is 0.227 e. The fraction of sp³-hybridized carbons (Fsp3) is 0.636. The molecule has 0 spiro atoms. The third kappa shape index (κ3) is 1.81. The van der Waals surface area contributed by atoms with Crippen molar-refractivity contribution in [3.05, 3.63) is 12.4 Å². The van der Waals surface area contributed by atoms with E-state index >= 15 is 0 Å². The molecule has 0 aromatic carbocycles. The molecule has 3 atom stereocenters. The number of nitrogens with zero attached hydrogens (tertiary/aromatic N) is 4. The Morgan fingerprint density at radius 2 is 2.47 bits per heavy atom. The molecule has 102 valence electrons. The number of hydrogen-bond donors (Lipinski definition) is 0. The average molecular weight is 282 g/mol. The van der Waals surface area contributed by atoms with E-state index in [0.29, 0.717) is 13.0 Å². The molecule has 1 aromatic rings. The van der Waals surface area contributed by atoms with Crippen molar-refractivity contribution in [1.82, 2.24) is 14.8 Å². The third-order valence-electron chi connectivity index (χ3n) is 3.62. The van der Waals surface area contributed by atoms with Crippen molar-refractivity contribution in [2.75, 3.05) is 0 Å². The first-order valence-electron chi connectivity index (χ1n) is 6.00. The Balaban J connectivity index is 1.89. The van der Waals surface area contributed by atoms with Gasteiger partial charge in [-0.3, -0.25) is 4.79 Å². The van der Waals surface area contributed by atoms with Crippen LogP contribution in [0.5, 0.6) is 0 Å². The lowest BCUT2D eigenvalue weighted by Crippen LogP contribution is -2.61. The Morgan fingerprint density at radius 3 is 3.00 bits per heavy atom. The van der Waals surface area contributed by atoms with Gasteiger partial charge >= 0.3 is 0 Å². The molecule has 0 N–H and O–H groups in total. The number of carbonyl (C=O) groups is 2. The number of aromatic nitrogens is 3. The van der Waals surface area contributed by atoms with Gasteiger partial charge in [-0.2, -0.15) is 0 Å². The SMILES string of the molecule is C[n+]1ccn(C[C@]2(C)S[C@@H]3CC(=O)N3[C@H]2C(=O)[O-])n1. The Kier molecular flexibility index (Phi) is 2.60. The van der Waals surface area contributed by atoms with Gasteiger partial charge < -0.3 is 14.8 Å². The van der Waals surface area contributed by atoms with Gasteiger partial charge in [-0.25, -0.2) is 0 Å². The van der Waals surface area contributed by atoms with Gasteiger partial charge in [0.1, 0.15) is 13.6 Å². The zero-order valence-electron chi connectivity index (χ0n) is 10.6. The van der Waals surface area contributed by atoms with Crippen LogP contribution in [0.4, 0.5) is 0 Å². The van der Waals surface area contributed by atoms with Crippen molar-refractivity contribution < 1.29 is 19.4 Å². The zero-order valence-corrected chi connectivity index (χ0v) is 11.5. The molecule has 19 heavy (non-hydrogen) atoms. The van der Waals surface area contributed by atoms with Gasteiger partial charge in [0.2, 0.25) is 5.91 Å². The minimum atomic E-state index is -1.19. The van der Waals surface area contributed by atoms with E-state index in [1.165, 1.54) is 16.7 Å². The first kappa shape index (κ1) is 12.5. The first-order chi connectivity index (χ1) is 8.90. The number of carboxylic acids is 1. The molecule has 1 aromatic heterocycles. The summed E-state index contributed by atoms with van der Waals surface area (Å²) in [6.07, 6.45) is 3.99. The van der Waals surface area contributed by atoms with Crippen LogP contribution >= 0.6 is 11.8 Å². The van der Waals surface area contributed by atoms with Gasteiger partial charge in [0.05, 0.1) is 33.8 Å².